The third-order valence-corrected chi connectivity index (χ3v) is 3.99. The van der Waals surface area contributed by atoms with Gasteiger partial charge in [-0.25, -0.2) is 0 Å². The topological polar surface area (TPSA) is 42.2 Å². The van der Waals surface area contributed by atoms with Crippen molar-refractivity contribution in [3.8, 4) is 0 Å². The number of hydrogen-bond donors (Lipinski definition) is 1. The number of carbonyl (C=O) groups excluding carboxylic acids is 1. The molecule has 0 spiro atoms. The molecule has 112 valence electrons. The molecule has 3 nitrogen and oxygen atoms in total. The highest BCUT2D eigenvalue weighted by molar-refractivity contribution is 9.10. The molecule has 0 unspecified atom stereocenters. The standard InChI is InChI=1S/C18H16BrNO2/c1-2-11-20-16-14-5-3-4-6-15(14)22-18(16)17(21)12-7-9-13(19)10-8-12/h3-10,20H,2,11H2,1H3. The number of nitrogens with one attached hydrogen (secondary N) is 1. The highest BCUT2D eigenvalue weighted by atomic mass is 79.9. The van der Waals surface area contributed by atoms with Gasteiger partial charge in [0.05, 0.1) is 5.69 Å². The van der Waals surface area contributed by atoms with Crippen LogP contribution in [0.5, 0.6) is 0 Å². The Morgan fingerprint density at radius 2 is 1.86 bits per heavy atom. The molecule has 1 N–H and O–H groups in total. The van der Waals surface area contributed by atoms with Crippen LogP contribution in [0.25, 0.3) is 11.0 Å². The first-order valence-corrected chi connectivity index (χ1v) is 8.05. The zero-order chi connectivity index (χ0) is 15.5. The predicted molar refractivity (Wildman–Crippen MR) is 92.6 cm³/mol. The first-order valence-electron chi connectivity index (χ1n) is 7.26. The maximum absolute atomic E-state index is 12.8. The Morgan fingerprint density at radius 1 is 1.14 bits per heavy atom. The lowest BCUT2D eigenvalue weighted by Crippen LogP contribution is -2.06. The van der Waals surface area contributed by atoms with Crippen LogP contribution < -0.4 is 5.32 Å². The maximum Gasteiger partial charge on any atom is 0.230 e. The minimum absolute atomic E-state index is 0.109. The molecule has 0 bridgehead atoms. The number of benzene rings is 2. The summed E-state index contributed by atoms with van der Waals surface area (Å²) in [5, 5.41) is 4.27. The number of halogens is 1. The second-order valence-electron chi connectivity index (χ2n) is 5.07. The molecular formula is C18H16BrNO2. The Labute approximate surface area is 137 Å². The first-order chi connectivity index (χ1) is 10.7. The van der Waals surface area contributed by atoms with Crippen LogP contribution >= 0.6 is 15.9 Å². The molecule has 0 saturated carbocycles. The fraction of sp³-hybridized carbons (Fsp3) is 0.167. The van der Waals surface area contributed by atoms with Crippen molar-refractivity contribution in [2.75, 3.05) is 11.9 Å². The van der Waals surface area contributed by atoms with E-state index in [-0.39, 0.29) is 5.78 Å². The van der Waals surface area contributed by atoms with Gasteiger partial charge in [-0.15, -0.1) is 0 Å². The molecule has 22 heavy (non-hydrogen) atoms. The van der Waals surface area contributed by atoms with Crippen molar-refractivity contribution in [1.29, 1.82) is 0 Å². The molecular weight excluding hydrogens is 342 g/mol. The molecule has 3 rings (SSSR count). The quantitative estimate of drug-likeness (QED) is 0.634. The van der Waals surface area contributed by atoms with E-state index in [1.165, 1.54) is 0 Å². The number of ketones is 1. The van der Waals surface area contributed by atoms with Gasteiger partial charge in [-0.1, -0.05) is 35.0 Å². The van der Waals surface area contributed by atoms with Crippen LogP contribution in [-0.2, 0) is 0 Å². The van der Waals surface area contributed by atoms with Crippen LogP contribution in [0.1, 0.15) is 29.5 Å². The highest BCUT2D eigenvalue weighted by Gasteiger charge is 2.21. The van der Waals surface area contributed by atoms with Gasteiger partial charge in [0, 0.05) is 22.0 Å². The minimum atomic E-state index is -0.109. The SMILES string of the molecule is CCCNc1c(C(=O)c2ccc(Br)cc2)oc2ccccc12. The smallest absolute Gasteiger partial charge is 0.230 e. The van der Waals surface area contributed by atoms with Crippen molar-refractivity contribution in [2.24, 2.45) is 0 Å². The molecule has 0 saturated heterocycles. The van der Waals surface area contributed by atoms with Crippen molar-refractivity contribution in [1.82, 2.24) is 0 Å². The normalized spacial score (nSPS) is 10.8. The molecule has 3 aromatic rings. The average molecular weight is 358 g/mol. The van der Waals surface area contributed by atoms with E-state index >= 15 is 0 Å². The number of hydrogen-bond acceptors (Lipinski definition) is 3. The molecule has 2 aromatic carbocycles. The third kappa shape index (κ3) is 2.79. The first kappa shape index (κ1) is 14.9. The van der Waals surface area contributed by atoms with E-state index in [0.717, 1.165) is 34.1 Å². The molecule has 0 radical (unpaired) electrons. The lowest BCUT2D eigenvalue weighted by Gasteiger charge is -2.05. The van der Waals surface area contributed by atoms with Gasteiger partial charge in [-0.3, -0.25) is 4.79 Å². The van der Waals surface area contributed by atoms with Crippen molar-refractivity contribution >= 4 is 38.4 Å². The summed E-state index contributed by atoms with van der Waals surface area (Å²) in [5.41, 5.74) is 2.12. The summed E-state index contributed by atoms with van der Waals surface area (Å²) in [6, 6.07) is 15.0. The van der Waals surface area contributed by atoms with Crippen LogP contribution in [0.4, 0.5) is 5.69 Å². The third-order valence-electron chi connectivity index (χ3n) is 3.46. The van der Waals surface area contributed by atoms with E-state index in [1.54, 1.807) is 12.1 Å². The molecule has 0 fully saturated rings. The Hall–Kier alpha value is -2.07. The fourth-order valence-corrected chi connectivity index (χ4v) is 2.63. The van der Waals surface area contributed by atoms with Gasteiger partial charge in [0.2, 0.25) is 5.78 Å². The maximum atomic E-state index is 12.8. The van der Waals surface area contributed by atoms with Crippen LogP contribution in [0, 0.1) is 0 Å². The molecule has 0 amide bonds. The molecule has 0 aliphatic carbocycles. The second-order valence-corrected chi connectivity index (χ2v) is 5.98. The Morgan fingerprint density at radius 3 is 2.59 bits per heavy atom. The number of anilines is 1. The fourth-order valence-electron chi connectivity index (χ4n) is 2.36. The summed E-state index contributed by atoms with van der Waals surface area (Å²) in [6.07, 6.45) is 0.978. The van der Waals surface area contributed by atoms with Gasteiger partial charge in [0.25, 0.3) is 0 Å². The summed E-state index contributed by atoms with van der Waals surface area (Å²) in [7, 11) is 0. The van der Waals surface area contributed by atoms with Crippen molar-refractivity contribution in [3.63, 3.8) is 0 Å². The zero-order valence-electron chi connectivity index (χ0n) is 12.2. The van der Waals surface area contributed by atoms with E-state index in [2.05, 4.69) is 28.2 Å². The molecule has 1 aromatic heterocycles. The summed E-state index contributed by atoms with van der Waals surface area (Å²) in [6.45, 7) is 2.88. The van der Waals surface area contributed by atoms with Gasteiger partial charge < -0.3 is 9.73 Å². The second kappa shape index (κ2) is 6.36. The summed E-state index contributed by atoms with van der Waals surface area (Å²) in [4.78, 5) is 12.8. The highest BCUT2D eigenvalue weighted by Crippen LogP contribution is 2.32. The summed E-state index contributed by atoms with van der Waals surface area (Å²) >= 11 is 3.38. The van der Waals surface area contributed by atoms with Crippen molar-refractivity contribution in [3.05, 3.63) is 64.3 Å². The number of furan rings is 1. The van der Waals surface area contributed by atoms with Crippen LogP contribution in [0.15, 0.2) is 57.4 Å². The minimum Gasteiger partial charge on any atom is -0.450 e. The van der Waals surface area contributed by atoms with Crippen LogP contribution in [0.2, 0.25) is 0 Å². The number of carbonyl (C=O) groups is 1. The predicted octanol–water partition coefficient (Wildman–Crippen LogP) is 5.25. The largest absolute Gasteiger partial charge is 0.450 e. The molecule has 0 aliphatic heterocycles. The zero-order valence-corrected chi connectivity index (χ0v) is 13.8. The van der Waals surface area contributed by atoms with Gasteiger partial charge in [-0.2, -0.15) is 0 Å². The van der Waals surface area contributed by atoms with E-state index in [0.29, 0.717) is 11.3 Å². The Balaban J connectivity index is 2.08. The average Bonchev–Trinajstić information content (AvgIpc) is 2.91. The van der Waals surface area contributed by atoms with Crippen LogP contribution in [-0.4, -0.2) is 12.3 Å². The Bertz CT molecular complexity index is 806. The van der Waals surface area contributed by atoms with E-state index < -0.39 is 0 Å². The van der Waals surface area contributed by atoms with Gasteiger partial charge >= 0.3 is 0 Å². The van der Waals surface area contributed by atoms with Crippen molar-refractivity contribution < 1.29 is 9.21 Å². The van der Waals surface area contributed by atoms with Crippen molar-refractivity contribution in [2.45, 2.75) is 13.3 Å². The lowest BCUT2D eigenvalue weighted by molar-refractivity contribution is 0.101. The Kier molecular flexibility index (Phi) is 4.29. The van der Waals surface area contributed by atoms with E-state index in [9.17, 15) is 4.79 Å². The molecule has 4 heteroatoms. The molecule has 0 atom stereocenters. The van der Waals surface area contributed by atoms with Crippen LogP contribution in [0.3, 0.4) is 0 Å². The van der Waals surface area contributed by atoms with E-state index in [4.69, 9.17) is 4.42 Å². The molecule has 0 aliphatic rings. The van der Waals surface area contributed by atoms with Gasteiger partial charge in [0.1, 0.15) is 5.58 Å². The number of rotatable bonds is 5. The van der Waals surface area contributed by atoms with Gasteiger partial charge in [0.15, 0.2) is 5.76 Å². The molecule has 1 heterocycles. The number of fused-ring (bicyclic) bond motifs is 1. The monoisotopic (exact) mass is 357 g/mol. The summed E-state index contributed by atoms with van der Waals surface area (Å²) < 4.78 is 6.76. The lowest BCUT2D eigenvalue weighted by atomic mass is 10.1. The number of para-hydroxylation sites is 1. The van der Waals surface area contributed by atoms with Gasteiger partial charge in [-0.05, 0) is 42.8 Å². The summed E-state index contributed by atoms with van der Waals surface area (Å²) in [5.74, 6) is 0.263. The van der Waals surface area contributed by atoms with E-state index in [1.807, 2.05) is 36.4 Å².